The molecule has 0 saturated heterocycles. The fourth-order valence-electron chi connectivity index (χ4n) is 6.51. The first-order valence-electron chi connectivity index (χ1n) is 14.4. The van der Waals surface area contributed by atoms with E-state index in [9.17, 15) is 19.8 Å². The third-order valence-corrected chi connectivity index (χ3v) is 8.90. The fourth-order valence-corrected chi connectivity index (χ4v) is 6.51. The van der Waals surface area contributed by atoms with Crippen molar-refractivity contribution in [1.82, 2.24) is 19.9 Å². The Morgan fingerprint density at radius 2 is 1.62 bits per heavy atom. The summed E-state index contributed by atoms with van der Waals surface area (Å²) in [4.78, 5) is 44.7. The predicted octanol–water partition coefficient (Wildman–Crippen LogP) is 5.15. The molecule has 0 fully saturated rings. The number of carbonyl (C=O) groups excluding carboxylic acids is 1. The molecule has 3 aromatic heterocycles. The van der Waals surface area contributed by atoms with Gasteiger partial charge in [0.05, 0.1) is 36.0 Å². The third kappa shape index (κ3) is 4.97. The SMILES string of the molecule is C=CC1=C(C)c2cc3[n-]c(c(/C=C\C(=O)O)c3C)c3c4nc(cc5[n-]c(cc1n2)c(C)c5CC)C(C)=C4C(O)[C@@H]3C(=O)OC.[Mg+2]. The zero-order chi connectivity index (χ0) is 31.6. The van der Waals surface area contributed by atoms with Crippen LogP contribution in [0.3, 0.4) is 0 Å². The molecule has 0 amide bonds. The van der Waals surface area contributed by atoms with Gasteiger partial charge in [0.25, 0.3) is 0 Å². The van der Waals surface area contributed by atoms with Gasteiger partial charge < -0.3 is 24.9 Å². The Labute approximate surface area is 276 Å². The van der Waals surface area contributed by atoms with Crippen molar-refractivity contribution in [2.24, 2.45) is 0 Å². The topological polar surface area (TPSA) is 138 Å². The zero-order valence-corrected chi connectivity index (χ0v) is 27.6. The van der Waals surface area contributed by atoms with Crippen molar-refractivity contribution in [3.05, 3.63) is 87.5 Å². The summed E-state index contributed by atoms with van der Waals surface area (Å²) >= 11 is 0. The molecule has 10 heteroatoms. The van der Waals surface area contributed by atoms with Crippen molar-refractivity contribution in [2.45, 2.75) is 53.1 Å². The second-order valence-electron chi connectivity index (χ2n) is 11.2. The molecule has 9 nitrogen and oxygen atoms in total. The van der Waals surface area contributed by atoms with Crippen LogP contribution in [0.25, 0.3) is 50.4 Å². The standard InChI is InChI=1S/C35H33N4O5.Mg/c1-8-19-15(3)22-12-24-17(5)21(10-11-28(40)41)32(38-24)30-31(35(43)44-7)34(42)29-18(6)25(39-33(29)30)14-27-20(9-2)16(4)23(37-27)13-26(19)36-22;/h8,10-14,31,34,42H,1,9H2,2-7H3,(H2-,36,37,38,39,40,41);/q-1;+2/p-1/b11-10-,22-12?,23-13?,24-12?,25-14?,26-13?,27-14?,32-30?;/t31-,34?;/m1./s1. The molecule has 2 N–H and O–H groups in total. The van der Waals surface area contributed by atoms with Crippen molar-refractivity contribution in [3.8, 4) is 0 Å². The number of aliphatic carboxylic acids is 1. The summed E-state index contributed by atoms with van der Waals surface area (Å²) in [7, 11) is 1.27. The van der Waals surface area contributed by atoms with E-state index in [1.807, 2.05) is 45.9 Å². The van der Waals surface area contributed by atoms with Gasteiger partial charge in [-0.25, -0.2) is 14.8 Å². The minimum absolute atomic E-state index is 0. The van der Waals surface area contributed by atoms with Crippen molar-refractivity contribution in [1.29, 1.82) is 0 Å². The number of carboxylic acid groups (broad SMARTS) is 1. The molecule has 1 unspecified atom stereocenters. The Morgan fingerprint density at radius 3 is 2.27 bits per heavy atom. The third-order valence-electron chi connectivity index (χ3n) is 8.90. The number of carbonyl (C=O) groups is 2. The number of aryl methyl sites for hydroxylation is 3. The number of fused-ring (bicyclic) bond motifs is 8. The van der Waals surface area contributed by atoms with Crippen molar-refractivity contribution in [2.75, 3.05) is 7.11 Å². The number of allylic oxidation sites excluding steroid dienone is 4. The van der Waals surface area contributed by atoms with Gasteiger partial charge >= 0.3 is 35.0 Å². The van der Waals surface area contributed by atoms with E-state index < -0.39 is 24.0 Å². The molecule has 45 heavy (non-hydrogen) atoms. The number of rotatable bonds is 5. The molecule has 0 spiro atoms. The number of nitrogens with zero attached hydrogens (tertiary/aromatic N) is 4. The van der Waals surface area contributed by atoms with Crippen LogP contribution in [0.5, 0.6) is 0 Å². The van der Waals surface area contributed by atoms with E-state index in [0.29, 0.717) is 50.4 Å². The second-order valence-corrected chi connectivity index (χ2v) is 11.2. The summed E-state index contributed by atoms with van der Waals surface area (Å²) in [5.41, 5.74) is 11.7. The predicted molar refractivity (Wildman–Crippen MR) is 176 cm³/mol. The van der Waals surface area contributed by atoms with Gasteiger partial charge in [-0.1, -0.05) is 54.5 Å². The summed E-state index contributed by atoms with van der Waals surface area (Å²) in [6.07, 6.45) is 3.79. The smallest absolute Gasteiger partial charge is 0.657 e. The molecule has 224 valence electrons. The molecule has 8 bridgehead atoms. The maximum Gasteiger partial charge on any atom is 2.00 e. The maximum atomic E-state index is 13.2. The molecule has 2 atom stereocenters. The largest absolute Gasteiger partial charge is 2.00 e. The van der Waals surface area contributed by atoms with E-state index >= 15 is 0 Å². The van der Waals surface area contributed by atoms with Crippen LogP contribution in [0.15, 0.2) is 36.9 Å². The van der Waals surface area contributed by atoms with Crippen LogP contribution in [0.1, 0.15) is 77.3 Å². The fraction of sp³-hybridized carbons (Fsp3) is 0.257. The first kappa shape index (κ1) is 32.1. The quantitative estimate of drug-likeness (QED) is 0.228. The summed E-state index contributed by atoms with van der Waals surface area (Å²) in [6, 6.07) is 5.73. The molecule has 3 aromatic rings. The van der Waals surface area contributed by atoms with Gasteiger partial charge in [0.1, 0.15) is 5.92 Å². The molecule has 0 aromatic carbocycles. The van der Waals surface area contributed by atoms with Gasteiger partial charge in [0.2, 0.25) is 0 Å². The molecule has 1 aliphatic carbocycles. The van der Waals surface area contributed by atoms with E-state index in [4.69, 9.17) is 24.7 Å². The van der Waals surface area contributed by atoms with E-state index in [2.05, 4.69) is 13.5 Å². The molecule has 2 aliphatic heterocycles. The minimum Gasteiger partial charge on any atom is -0.657 e. The molecule has 6 rings (SSSR count). The number of aliphatic hydroxyl groups excluding tert-OH is 1. The molecular weight excluding hydrogens is 581 g/mol. The normalized spacial score (nSPS) is 17.2. The van der Waals surface area contributed by atoms with Crippen LogP contribution in [0.4, 0.5) is 0 Å². The van der Waals surface area contributed by atoms with Crippen LogP contribution in [0, 0.1) is 13.8 Å². The van der Waals surface area contributed by atoms with E-state index in [0.717, 1.165) is 57.1 Å². The molecule has 3 aliphatic rings. The number of methoxy groups -OCH3 is 1. The van der Waals surface area contributed by atoms with Crippen LogP contribution in [-0.4, -0.2) is 68.4 Å². The second kappa shape index (κ2) is 11.9. The molecule has 0 saturated carbocycles. The number of aromatic nitrogens is 4. The van der Waals surface area contributed by atoms with Gasteiger partial charge in [-0.05, 0) is 62.5 Å². The maximum absolute atomic E-state index is 13.2. The Kier molecular flexibility index (Phi) is 8.52. The van der Waals surface area contributed by atoms with E-state index in [1.54, 1.807) is 6.08 Å². The van der Waals surface area contributed by atoms with Crippen LogP contribution in [0.2, 0.25) is 0 Å². The first-order valence-corrected chi connectivity index (χ1v) is 14.4. The number of esters is 1. The Balaban J connectivity index is 0.00000400. The molecule has 5 heterocycles. The molecular formula is C35H32MgN4O5. The summed E-state index contributed by atoms with van der Waals surface area (Å²) in [5, 5.41) is 21.1. The average molecular weight is 613 g/mol. The number of aliphatic hydroxyl groups is 1. The van der Waals surface area contributed by atoms with E-state index in [-0.39, 0.29) is 23.1 Å². The van der Waals surface area contributed by atoms with Crippen LogP contribution >= 0.6 is 0 Å². The van der Waals surface area contributed by atoms with Gasteiger partial charge in [-0.15, -0.1) is 22.1 Å². The zero-order valence-electron chi connectivity index (χ0n) is 26.1. The van der Waals surface area contributed by atoms with Crippen LogP contribution in [-0.2, 0) is 20.7 Å². The van der Waals surface area contributed by atoms with Gasteiger partial charge in [0, 0.05) is 17.2 Å². The van der Waals surface area contributed by atoms with Gasteiger partial charge in [0.15, 0.2) is 0 Å². The Hall–Kier alpha value is -4.25. The van der Waals surface area contributed by atoms with Crippen LogP contribution < -0.4 is 9.97 Å². The van der Waals surface area contributed by atoms with Gasteiger partial charge in [-0.3, -0.25) is 4.79 Å². The Bertz CT molecular complexity index is 2080. The summed E-state index contributed by atoms with van der Waals surface area (Å²) in [5.74, 6) is -2.87. The van der Waals surface area contributed by atoms with Crippen molar-refractivity contribution in [3.63, 3.8) is 0 Å². The number of hydrogen-bond acceptors (Lipinski definition) is 6. The average Bonchev–Trinajstić information content (AvgIpc) is 3.72. The van der Waals surface area contributed by atoms with Crippen molar-refractivity contribution < 1.29 is 24.5 Å². The summed E-state index contributed by atoms with van der Waals surface area (Å²) in [6.45, 7) is 13.8. The van der Waals surface area contributed by atoms with Gasteiger partial charge in [-0.2, -0.15) is 0 Å². The van der Waals surface area contributed by atoms with Crippen molar-refractivity contribution >= 4 is 85.4 Å². The number of carboxylic acids is 1. The molecule has 0 radical (unpaired) electrons. The minimum atomic E-state index is -1.23. The van der Waals surface area contributed by atoms with E-state index in [1.165, 1.54) is 13.2 Å². The number of hydrogen-bond donors (Lipinski definition) is 2. The number of ether oxygens (including phenoxy) is 1. The monoisotopic (exact) mass is 612 g/mol. The summed E-state index contributed by atoms with van der Waals surface area (Å²) < 4.78 is 5.14. The first-order chi connectivity index (χ1) is 21.0. The Morgan fingerprint density at radius 1 is 0.978 bits per heavy atom.